The molecule has 0 aliphatic carbocycles. The summed E-state index contributed by atoms with van der Waals surface area (Å²) in [7, 11) is 0. The zero-order valence-electron chi connectivity index (χ0n) is 11.7. The third-order valence-corrected chi connectivity index (χ3v) is 3.80. The molecule has 3 rings (SSSR count). The van der Waals surface area contributed by atoms with Crippen molar-refractivity contribution in [1.82, 2.24) is 15.5 Å². The number of hydrogen-bond acceptors (Lipinski definition) is 3. The molecule has 21 heavy (non-hydrogen) atoms. The summed E-state index contributed by atoms with van der Waals surface area (Å²) in [6.07, 6.45) is 0. The Hall–Kier alpha value is -2.34. The standard InChI is InChI=1S/C15H17N3O3/c1-9-2-4-10(5-3-9)13-12-11(16-15(21)17-13)8-18(6-7-19)14(12)20/h2-5,13,19H,6-8H2,1H3,(H2,16,17,21)/t13-/m1/s1. The van der Waals surface area contributed by atoms with Gasteiger partial charge in [-0.2, -0.15) is 0 Å². The van der Waals surface area contributed by atoms with E-state index in [0.29, 0.717) is 17.8 Å². The number of amides is 3. The van der Waals surface area contributed by atoms with E-state index in [4.69, 9.17) is 5.11 Å². The third-order valence-electron chi connectivity index (χ3n) is 3.80. The first kappa shape index (κ1) is 13.6. The van der Waals surface area contributed by atoms with Gasteiger partial charge in [0, 0.05) is 6.54 Å². The molecule has 0 saturated carbocycles. The van der Waals surface area contributed by atoms with E-state index in [0.717, 1.165) is 11.1 Å². The van der Waals surface area contributed by atoms with Gasteiger partial charge in [-0.15, -0.1) is 0 Å². The van der Waals surface area contributed by atoms with Crippen LogP contribution in [0.3, 0.4) is 0 Å². The van der Waals surface area contributed by atoms with Gasteiger partial charge in [-0.1, -0.05) is 29.8 Å². The zero-order valence-corrected chi connectivity index (χ0v) is 11.7. The smallest absolute Gasteiger partial charge is 0.319 e. The lowest BCUT2D eigenvalue weighted by atomic mass is 9.95. The number of carbonyl (C=O) groups is 2. The maximum Gasteiger partial charge on any atom is 0.319 e. The molecule has 6 heteroatoms. The van der Waals surface area contributed by atoms with Gasteiger partial charge in [0.2, 0.25) is 0 Å². The first-order valence-corrected chi connectivity index (χ1v) is 6.87. The maximum absolute atomic E-state index is 12.5. The van der Waals surface area contributed by atoms with Crippen LogP contribution in [0.4, 0.5) is 4.79 Å². The van der Waals surface area contributed by atoms with Gasteiger partial charge in [0.25, 0.3) is 5.91 Å². The Kier molecular flexibility index (Phi) is 3.39. The fourth-order valence-corrected chi connectivity index (χ4v) is 2.74. The first-order valence-electron chi connectivity index (χ1n) is 6.87. The molecule has 3 amide bonds. The van der Waals surface area contributed by atoms with E-state index < -0.39 is 6.04 Å². The number of carbonyl (C=O) groups excluding carboxylic acids is 2. The van der Waals surface area contributed by atoms with Crippen molar-refractivity contribution in [3.05, 3.63) is 46.7 Å². The summed E-state index contributed by atoms with van der Waals surface area (Å²) >= 11 is 0. The second kappa shape index (κ2) is 5.21. The van der Waals surface area contributed by atoms with Crippen LogP contribution >= 0.6 is 0 Å². The minimum Gasteiger partial charge on any atom is -0.395 e. The zero-order chi connectivity index (χ0) is 15.0. The van der Waals surface area contributed by atoms with Crippen molar-refractivity contribution < 1.29 is 14.7 Å². The summed E-state index contributed by atoms with van der Waals surface area (Å²) in [5.41, 5.74) is 3.18. The predicted octanol–water partition coefficient (Wildman–Crippen LogP) is 0.438. The third kappa shape index (κ3) is 2.38. The van der Waals surface area contributed by atoms with Crippen LogP contribution in [0.5, 0.6) is 0 Å². The lowest BCUT2D eigenvalue weighted by molar-refractivity contribution is -0.126. The normalized spacial score (nSPS) is 21.2. The molecule has 0 unspecified atom stereocenters. The van der Waals surface area contributed by atoms with Gasteiger partial charge in [0.15, 0.2) is 0 Å². The van der Waals surface area contributed by atoms with E-state index in [1.54, 1.807) is 4.90 Å². The molecule has 110 valence electrons. The number of urea groups is 1. The fraction of sp³-hybridized carbons (Fsp3) is 0.333. The van der Waals surface area contributed by atoms with Gasteiger partial charge in [-0.3, -0.25) is 4.79 Å². The van der Waals surface area contributed by atoms with E-state index >= 15 is 0 Å². The fourth-order valence-electron chi connectivity index (χ4n) is 2.74. The SMILES string of the molecule is Cc1ccc([C@H]2NC(=O)NC3=C2C(=O)N(CCO)C3)cc1. The highest BCUT2D eigenvalue weighted by Crippen LogP contribution is 2.32. The van der Waals surface area contributed by atoms with Crippen molar-refractivity contribution in [2.75, 3.05) is 19.7 Å². The Morgan fingerprint density at radius 1 is 1.29 bits per heavy atom. The van der Waals surface area contributed by atoms with Gasteiger partial charge in [0.05, 0.1) is 30.5 Å². The minimum atomic E-state index is -0.439. The second-order valence-electron chi connectivity index (χ2n) is 5.28. The van der Waals surface area contributed by atoms with Crippen molar-refractivity contribution in [1.29, 1.82) is 0 Å². The van der Waals surface area contributed by atoms with Gasteiger partial charge in [0.1, 0.15) is 0 Å². The molecule has 1 aromatic rings. The number of rotatable bonds is 3. The van der Waals surface area contributed by atoms with Crippen LogP contribution in [-0.2, 0) is 4.79 Å². The Balaban J connectivity index is 1.96. The Labute approximate surface area is 122 Å². The average molecular weight is 287 g/mol. The molecule has 0 spiro atoms. The van der Waals surface area contributed by atoms with Gasteiger partial charge in [-0.05, 0) is 12.5 Å². The molecule has 0 fully saturated rings. The highest BCUT2D eigenvalue weighted by atomic mass is 16.3. The molecule has 6 nitrogen and oxygen atoms in total. The van der Waals surface area contributed by atoms with Crippen LogP contribution in [0.1, 0.15) is 17.2 Å². The van der Waals surface area contributed by atoms with Crippen molar-refractivity contribution in [2.45, 2.75) is 13.0 Å². The number of nitrogens with zero attached hydrogens (tertiary/aromatic N) is 1. The van der Waals surface area contributed by atoms with Crippen molar-refractivity contribution >= 4 is 11.9 Å². The Morgan fingerprint density at radius 2 is 2.00 bits per heavy atom. The summed E-state index contributed by atoms with van der Waals surface area (Å²) in [4.78, 5) is 25.8. The van der Waals surface area contributed by atoms with E-state index in [1.165, 1.54) is 0 Å². The number of hydrogen-bond donors (Lipinski definition) is 3. The molecule has 0 bridgehead atoms. The Morgan fingerprint density at radius 3 is 2.67 bits per heavy atom. The van der Waals surface area contributed by atoms with Crippen LogP contribution in [0.25, 0.3) is 0 Å². The molecule has 2 aliphatic rings. The summed E-state index contributed by atoms with van der Waals surface area (Å²) in [5.74, 6) is -0.142. The lowest BCUT2D eigenvalue weighted by Crippen LogP contribution is -2.44. The minimum absolute atomic E-state index is 0.0944. The van der Waals surface area contributed by atoms with Crippen LogP contribution < -0.4 is 10.6 Å². The second-order valence-corrected chi connectivity index (χ2v) is 5.28. The summed E-state index contributed by atoms with van der Waals surface area (Å²) in [5, 5.41) is 14.5. The van der Waals surface area contributed by atoms with Gasteiger partial charge >= 0.3 is 6.03 Å². The maximum atomic E-state index is 12.5. The lowest BCUT2D eigenvalue weighted by Gasteiger charge is -2.25. The molecule has 0 saturated heterocycles. The molecule has 0 aromatic heterocycles. The molecule has 2 heterocycles. The molecule has 0 radical (unpaired) electrons. The van der Waals surface area contributed by atoms with Crippen molar-refractivity contribution in [3.63, 3.8) is 0 Å². The number of aliphatic hydroxyl groups is 1. The number of aryl methyl sites for hydroxylation is 1. The largest absolute Gasteiger partial charge is 0.395 e. The van der Waals surface area contributed by atoms with E-state index in [2.05, 4.69) is 10.6 Å². The van der Waals surface area contributed by atoms with Crippen LogP contribution in [0.2, 0.25) is 0 Å². The number of nitrogens with one attached hydrogen (secondary N) is 2. The highest BCUT2D eigenvalue weighted by Gasteiger charge is 2.39. The van der Waals surface area contributed by atoms with Crippen LogP contribution in [0.15, 0.2) is 35.5 Å². The van der Waals surface area contributed by atoms with Crippen molar-refractivity contribution in [2.24, 2.45) is 0 Å². The quantitative estimate of drug-likeness (QED) is 0.754. The predicted molar refractivity (Wildman–Crippen MR) is 76.3 cm³/mol. The van der Waals surface area contributed by atoms with Crippen LogP contribution in [0, 0.1) is 6.92 Å². The molecule has 1 atom stereocenters. The van der Waals surface area contributed by atoms with Crippen molar-refractivity contribution in [3.8, 4) is 0 Å². The van der Waals surface area contributed by atoms with Gasteiger partial charge in [-0.25, -0.2) is 4.79 Å². The monoisotopic (exact) mass is 287 g/mol. The molecular weight excluding hydrogens is 270 g/mol. The molecule has 2 aliphatic heterocycles. The summed E-state index contributed by atoms with van der Waals surface area (Å²) < 4.78 is 0. The number of aliphatic hydroxyl groups excluding tert-OH is 1. The summed E-state index contributed by atoms with van der Waals surface area (Å²) in [6.45, 7) is 2.49. The molecular formula is C15H17N3O3. The number of β-amino-alcohol motifs (C(OH)–C–C–N with tert-alkyl or cyclic N) is 1. The Bertz CT molecular complexity index is 622. The first-order chi connectivity index (χ1) is 10.1. The summed E-state index contributed by atoms with van der Waals surface area (Å²) in [6, 6.07) is 6.99. The van der Waals surface area contributed by atoms with Crippen LogP contribution in [-0.4, -0.2) is 41.6 Å². The van der Waals surface area contributed by atoms with E-state index in [-0.39, 0.29) is 25.1 Å². The average Bonchev–Trinajstić information content (AvgIpc) is 2.76. The topological polar surface area (TPSA) is 81.7 Å². The van der Waals surface area contributed by atoms with Gasteiger partial charge < -0.3 is 20.6 Å². The van der Waals surface area contributed by atoms with E-state index in [1.807, 2.05) is 31.2 Å². The highest BCUT2D eigenvalue weighted by molar-refractivity contribution is 6.01. The van der Waals surface area contributed by atoms with E-state index in [9.17, 15) is 9.59 Å². The molecule has 1 aromatic carbocycles. The number of benzene rings is 1. The molecule has 3 N–H and O–H groups in total.